The van der Waals surface area contributed by atoms with Crippen LogP contribution in [0.15, 0.2) is 73.2 Å². The number of hydrogen-bond acceptors (Lipinski definition) is 4. The average Bonchev–Trinajstić information content (AvgIpc) is 3.45. The lowest BCUT2D eigenvalue weighted by Gasteiger charge is -2.09. The quantitative estimate of drug-likeness (QED) is 0.463. The molecule has 2 amide bonds. The van der Waals surface area contributed by atoms with Gasteiger partial charge in [0.25, 0.3) is 5.91 Å². The van der Waals surface area contributed by atoms with Crippen molar-refractivity contribution in [1.82, 2.24) is 25.1 Å². The van der Waals surface area contributed by atoms with E-state index in [1.165, 1.54) is 0 Å². The fourth-order valence-corrected chi connectivity index (χ4v) is 3.04. The van der Waals surface area contributed by atoms with Crippen LogP contribution in [0.2, 0.25) is 0 Å². The van der Waals surface area contributed by atoms with Gasteiger partial charge in [0.05, 0.1) is 18.3 Å². The number of nitrogens with one attached hydrogen (secondary N) is 3. The van der Waals surface area contributed by atoms with Crippen LogP contribution in [0.4, 0.5) is 5.95 Å². The van der Waals surface area contributed by atoms with Crippen LogP contribution in [-0.4, -0.2) is 38.6 Å². The number of likely N-dealkylation sites (N-methyl/N-ethyl adjacent to an activating group) is 1. The number of aromatic nitrogens is 4. The van der Waals surface area contributed by atoms with Crippen LogP contribution in [0.25, 0.3) is 16.8 Å². The molecule has 2 heterocycles. The van der Waals surface area contributed by atoms with Crippen molar-refractivity contribution in [2.45, 2.75) is 6.42 Å². The highest BCUT2D eigenvalue weighted by atomic mass is 16.2. The smallest absolute Gasteiger partial charge is 0.257 e. The Bertz CT molecular complexity index is 1150. The number of amides is 2. The molecule has 8 nitrogen and oxygen atoms in total. The van der Waals surface area contributed by atoms with Gasteiger partial charge in [-0.3, -0.25) is 24.6 Å². The van der Waals surface area contributed by atoms with E-state index < -0.39 is 0 Å². The number of carbonyl (C=O) groups excluding carboxylic acids is 2. The standard InChI is InChI=1S/C22H20N6O2/c1-23-20(29)11-18-14-28(19-5-3-2-4-6-19)22(26-18)27-21(30)16-9-7-15(8-10-16)17-12-24-25-13-17/h2-10,12-14H,11H2,1H3,(H,23,29)(H,24,25)(H,26,27,30). The molecule has 0 saturated carbocycles. The molecule has 0 fully saturated rings. The first kappa shape index (κ1) is 19.1. The zero-order valence-electron chi connectivity index (χ0n) is 16.3. The van der Waals surface area contributed by atoms with Crippen LogP contribution < -0.4 is 10.6 Å². The molecule has 0 spiro atoms. The molecule has 8 heteroatoms. The second-order valence-corrected chi connectivity index (χ2v) is 6.63. The summed E-state index contributed by atoms with van der Waals surface area (Å²) in [5, 5.41) is 12.1. The molecule has 150 valence electrons. The number of hydrogen-bond donors (Lipinski definition) is 3. The molecule has 0 aliphatic heterocycles. The minimum atomic E-state index is -0.289. The highest BCUT2D eigenvalue weighted by molar-refractivity contribution is 6.03. The first-order valence-electron chi connectivity index (χ1n) is 9.39. The van der Waals surface area contributed by atoms with Gasteiger partial charge in [0, 0.05) is 36.3 Å². The van der Waals surface area contributed by atoms with Gasteiger partial charge in [0.15, 0.2) is 0 Å². The first-order valence-corrected chi connectivity index (χ1v) is 9.39. The summed E-state index contributed by atoms with van der Waals surface area (Å²) in [5.41, 5.74) is 3.79. The van der Waals surface area contributed by atoms with E-state index >= 15 is 0 Å². The summed E-state index contributed by atoms with van der Waals surface area (Å²) in [7, 11) is 1.58. The Hall–Kier alpha value is -4.20. The van der Waals surface area contributed by atoms with Gasteiger partial charge in [-0.25, -0.2) is 4.98 Å². The van der Waals surface area contributed by atoms with Crippen LogP contribution in [0.1, 0.15) is 16.1 Å². The second-order valence-electron chi connectivity index (χ2n) is 6.63. The Morgan fingerprint density at radius 2 is 1.80 bits per heavy atom. The monoisotopic (exact) mass is 400 g/mol. The third kappa shape index (κ3) is 4.12. The Morgan fingerprint density at radius 1 is 1.03 bits per heavy atom. The number of nitrogens with zero attached hydrogens (tertiary/aromatic N) is 3. The molecule has 0 saturated heterocycles. The first-order chi connectivity index (χ1) is 14.6. The van der Waals surface area contributed by atoms with Crippen molar-refractivity contribution in [3.63, 3.8) is 0 Å². The van der Waals surface area contributed by atoms with Crippen LogP contribution in [0.5, 0.6) is 0 Å². The lowest BCUT2D eigenvalue weighted by Crippen LogP contribution is -2.20. The molecule has 0 aliphatic carbocycles. The predicted molar refractivity (Wildman–Crippen MR) is 113 cm³/mol. The van der Waals surface area contributed by atoms with E-state index in [0.717, 1.165) is 16.8 Å². The maximum absolute atomic E-state index is 12.8. The van der Waals surface area contributed by atoms with Gasteiger partial charge in [-0.1, -0.05) is 30.3 Å². The number of para-hydroxylation sites is 1. The third-order valence-corrected chi connectivity index (χ3v) is 4.61. The van der Waals surface area contributed by atoms with E-state index in [4.69, 9.17) is 0 Å². The van der Waals surface area contributed by atoms with Gasteiger partial charge in [-0.2, -0.15) is 5.10 Å². The lowest BCUT2D eigenvalue weighted by atomic mass is 10.1. The van der Waals surface area contributed by atoms with E-state index in [9.17, 15) is 9.59 Å². The van der Waals surface area contributed by atoms with Crippen molar-refractivity contribution in [3.8, 4) is 16.8 Å². The van der Waals surface area contributed by atoms with E-state index in [1.807, 2.05) is 42.5 Å². The van der Waals surface area contributed by atoms with Crippen molar-refractivity contribution in [3.05, 3.63) is 84.4 Å². The Morgan fingerprint density at radius 3 is 2.47 bits per heavy atom. The fraction of sp³-hybridized carbons (Fsp3) is 0.0909. The van der Waals surface area contributed by atoms with Crippen molar-refractivity contribution < 1.29 is 9.59 Å². The summed E-state index contributed by atoms with van der Waals surface area (Å²) >= 11 is 0. The summed E-state index contributed by atoms with van der Waals surface area (Å²) < 4.78 is 1.76. The van der Waals surface area contributed by atoms with Gasteiger partial charge >= 0.3 is 0 Å². The highest BCUT2D eigenvalue weighted by Gasteiger charge is 2.15. The highest BCUT2D eigenvalue weighted by Crippen LogP contribution is 2.20. The second kappa shape index (κ2) is 8.44. The van der Waals surface area contributed by atoms with Gasteiger partial charge in [-0.15, -0.1) is 0 Å². The molecule has 4 aromatic rings. The average molecular weight is 400 g/mol. The minimum Gasteiger partial charge on any atom is -0.359 e. The van der Waals surface area contributed by atoms with Crippen molar-refractivity contribution in [2.24, 2.45) is 0 Å². The third-order valence-electron chi connectivity index (χ3n) is 4.61. The molecule has 3 N–H and O–H groups in total. The Balaban J connectivity index is 1.59. The predicted octanol–water partition coefficient (Wildman–Crippen LogP) is 2.80. The topological polar surface area (TPSA) is 105 Å². The molecule has 0 unspecified atom stereocenters. The van der Waals surface area contributed by atoms with Gasteiger partial charge in [0.2, 0.25) is 11.9 Å². The van der Waals surface area contributed by atoms with Gasteiger partial charge < -0.3 is 5.32 Å². The fourth-order valence-electron chi connectivity index (χ4n) is 3.04. The normalized spacial score (nSPS) is 10.6. The largest absolute Gasteiger partial charge is 0.359 e. The zero-order chi connectivity index (χ0) is 20.9. The number of benzene rings is 2. The number of rotatable bonds is 6. The SMILES string of the molecule is CNC(=O)Cc1cn(-c2ccccc2)c(NC(=O)c2ccc(-c3cn[nH]c3)cc2)n1. The summed E-state index contributed by atoms with van der Waals surface area (Å²) in [5.74, 6) is -0.0903. The molecule has 0 aliphatic rings. The Labute approximate surface area is 173 Å². The molecular formula is C22H20N6O2. The number of imidazole rings is 1. The Kier molecular flexibility index (Phi) is 5.38. The minimum absolute atomic E-state index is 0.124. The van der Waals surface area contributed by atoms with Crippen LogP contribution >= 0.6 is 0 Å². The van der Waals surface area contributed by atoms with E-state index in [-0.39, 0.29) is 18.2 Å². The van der Waals surface area contributed by atoms with Crippen molar-refractivity contribution in [2.75, 3.05) is 12.4 Å². The number of carbonyl (C=O) groups is 2. The lowest BCUT2D eigenvalue weighted by molar-refractivity contribution is -0.120. The molecule has 0 bridgehead atoms. The summed E-state index contributed by atoms with van der Waals surface area (Å²) in [6.07, 6.45) is 5.39. The zero-order valence-corrected chi connectivity index (χ0v) is 16.3. The number of H-pyrrole nitrogens is 1. The summed E-state index contributed by atoms with van der Waals surface area (Å²) in [6.45, 7) is 0. The molecule has 30 heavy (non-hydrogen) atoms. The van der Waals surface area contributed by atoms with E-state index in [1.54, 1.807) is 42.3 Å². The number of anilines is 1. The van der Waals surface area contributed by atoms with Crippen molar-refractivity contribution >= 4 is 17.8 Å². The van der Waals surface area contributed by atoms with E-state index in [2.05, 4.69) is 25.8 Å². The molecule has 4 rings (SSSR count). The summed E-state index contributed by atoms with van der Waals surface area (Å²) in [4.78, 5) is 29.0. The van der Waals surface area contributed by atoms with Crippen LogP contribution in [0, 0.1) is 0 Å². The molecule has 0 radical (unpaired) electrons. The summed E-state index contributed by atoms with van der Waals surface area (Å²) in [6, 6.07) is 16.7. The van der Waals surface area contributed by atoms with Gasteiger partial charge in [0.1, 0.15) is 0 Å². The molecule has 0 atom stereocenters. The van der Waals surface area contributed by atoms with E-state index in [0.29, 0.717) is 17.2 Å². The van der Waals surface area contributed by atoms with Gasteiger partial charge in [-0.05, 0) is 29.8 Å². The van der Waals surface area contributed by atoms with Crippen molar-refractivity contribution in [1.29, 1.82) is 0 Å². The molecule has 2 aromatic heterocycles. The van der Waals surface area contributed by atoms with Crippen LogP contribution in [-0.2, 0) is 11.2 Å². The van der Waals surface area contributed by atoms with Crippen LogP contribution in [0.3, 0.4) is 0 Å². The maximum Gasteiger partial charge on any atom is 0.257 e. The maximum atomic E-state index is 12.8. The molecular weight excluding hydrogens is 380 g/mol. The number of aromatic amines is 1. The molecule has 2 aromatic carbocycles.